The molecular formula is C20H19FN2O3S. The number of hydrogen-bond donors (Lipinski definition) is 1. The van der Waals surface area contributed by atoms with Gasteiger partial charge in [-0.1, -0.05) is 0 Å². The average molecular weight is 386 g/mol. The quantitative estimate of drug-likeness (QED) is 0.682. The fourth-order valence-electron chi connectivity index (χ4n) is 2.71. The van der Waals surface area contributed by atoms with Gasteiger partial charge in [0.25, 0.3) is 5.91 Å². The molecule has 0 aliphatic rings. The van der Waals surface area contributed by atoms with Crippen LogP contribution in [0.15, 0.2) is 36.4 Å². The van der Waals surface area contributed by atoms with Crippen LogP contribution in [0.4, 0.5) is 9.52 Å². The number of nitrogens with zero attached hydrogens (tertiary/aromatic N) is 1. The van der Waals surface area contributed by atoms with E-state index in [4.69, 9.17) is 9.47 Å². The maximum Gasteiger partial charge on any atom is 0.257 e. The van der Waals surface area contributed by atoms with Gasteiger partial charge < -0.3 is 9.47 Å². The van der Waals surface area contributed by atoms with E-state index in [0.29, 0.717) is 22.2 Å². The van der Waals surface area contributed by atoms with E-state index in [1.165, 1.54) is 23.5 Å². The summed E-state index contributed by atoms with van der Waals surface area (Å²) in [6.45, 7) is 3.77. The summed E-state index contributed by atoms with van der Waals surface area (Å²) in [5.41, 5.74) is 2.74. The summed E-state index contributed by atoms with van der Waals surface area (Å²) in [5, 5.41) is 3.27. The number of benzene rings is 2. The van der Waals surface area contributed by atoms with Crippen LogP contribution < -0.4 is 14.8 Å². The Hall–Kier alpha value is -2.93. The van der Waals surface area contributed by atoms with Crippen molar-refractivity contribution in [2.75, 3.05) is 19.5 Å². The monoisotopic (exact) mass is 386 g/mol. The third-order valence-corrected chi connectivity index (χ3v) is 5.04. The Kier molecular flexibility index (Phi) is 5.41. The Morgan fingerprint density at radius 2 is 1.67 bits per heavy atom. The van der Waals surface area contributed by atoms with E-state index < -0.39 is 0 Å². The zero-order valence-electron chi connectivity index (χ0n) is 15.4. The van der Waals surface area contributed by atoms with Crippen LogP contribution in [0.1, 0.15) is 20.8 Å². The van der Waals surface area contributed by atoms with Gasteiger partial charge >= 0.3 is 0 Å². The number of methoxy groups -OCH3 is 2. The smallest absolute Gasteiger partial charge is 0.257 e. The highest BCUT2D eigenvalue weighted by molar-refractivity contribution is 7.16. The zero-order valence-corrected chi connectivity index (χ0v) is 16.2. The summed E-state index contributed by atoms with van der Waals surface area (Å²) >= 11 is 1.36. The Balaban J connectivity index is 1.87. The van der Waals surface area contributed by atoms with Crippen molar-refractivity contribution in [3.63, 3.8) is 0 Å². The third kappa shape index (κ3) is 3.93. The lowest BCUT2D eigenvalue weighted by molar-refractivity contribution is 0.102. The Bertz CT molecular complexity index is 958. The molecule has 1 amide bonds. The lowest BCUT2D eigenvalue weighted by Gasteiger charge is -2.12. The lowest BCUT2D eigenvalue weighted by Crippen LogP contribution is -2.12. The summed E-state index contributed by atoms with van der Waals surface area (Å²) in [6, 6.07) is 9.43. The normalized spacial score (nSPS) is 10.6. The van der Waals surface area contributed by atoms with E-state index in [9.17, 15) is 9.18 Å². The van der Waals surface area contributed by atoms with Gasteiger partial charge in [0, 0.05) is 21.6 Å². The minimum Gasteiger partial charge on any atom is -0.496 e. The van der Waals surface area contributed by atoms with Crippen LogP contribution in [0.5, 0.6) is 11.5 Å². The molecule has 1 aromatic heterocycles. The van der Waals surface area contributed by atoms with Gasteiger partial charge in [-0.15, -0.1) is 11.3 Å². The van der Waals surface area contributed by atoms with Crippen LogP contribution in [-0.2, 0) is 0 Å². The minimum absolute atomic E-state index is 0.303. The first-order valence-corrected chi connectivity index (χ1v) is 9.02. The molecule has 0 bridgehead atoms. The molecule has 5 nitrogen and oxygen atoms in total. The number of anilines is 1. The maximum atomic E-state index is 13.1. The molecule has 0 unspecified atom stereocenters. The molecule has 1 heterocycles. The Morgan fingerprint density at radius 3 is 2.22 bits per heavy atom. The standard InChI is InChI=1S/C20H19FN2O3S/c1-11-16(25-3)9-14(10-17(11)26-4)19(24)23-20-22-18(12(2)27-20)13-5-7-15(21)8-6-13/h5-10H,1-4H3,(H,22,23,24). The van der Waals surface area contributed by atoms with Crippen LogP contribution in [0.2, 0.25) is 0 Å². The largest absolute Gasteiger partial charge is 0.496 e. The Labute approximate surface area is 160 Å². The summed E-state index contributed by atoms with van der Waals surface area (Å²) in [7, 11) is 3.09. The number of aromatic nitrogens is 1. The Morgan fingerprint density at radius 1 is 1.07 bits per heavy atom. The number of nitrogens with one attached hydrogen (secondary N) is 1. The molecule has 0 aliphatic carbocycles. The first-order chi connectivity index (χ1) is 12.9. The van der Waals surface area contributed by atoms with E-state index in [1.54, 1.807) is 38.5 Å². The molecule has 0 fully saturated rings. The van der Waals surface area contributed by atoms with Gasteiger partial charge in [0.1, 0.15) is 17.3 Å². The first kappa shape index (κ1) is 18.8. The first-order valence-electron chi connectivity index (χ1n) is 8.20. The number of carbonyl (C=O) groups is 1. The van der Waals surface area contributed by atoms with Gasteiger partial charge in [0.15, 0.2) is 5.13 Å². The summed E-state index contributed by atoms with van der Waals surface area (Å²) in [4.78, 5) is 18.1. The second-order valence-corrected chi connectivity index (χ2v) is 7.09. The van der Waals surface area contributed by atoms with Gasteiger partial charge in [-0.2, -0.15) is 0 Å². The number of thiazole rings is 1. The molecule has 1 N–H and O–H groups in total. The molecule has 7 heteroatoms. The molecule has 0 atom stereocenters. The highest BCUT2D eigenvalue weighted by Crippen LogP contribution is 2.32. The molecule has 3 rings (SSSR count). The number of carbonyl (C=O) groups excluding carboxylic acids is 1. The van der Waals surface area contributed by atoms with Crippen molar-refractivity contribution in [3.8, 4) is 22.8 Å². The summed E-state index contributed by atoms with van der Waals surface area (Å²) in [6.07, 6.45) is 0. The molecule has 3 aromatic rings. The average Bonchev–Trinajstić information content (AvgIpc) is 3.02. The molecule has 140 valence electrons. The molecule has 0 saturated heterocycles. The van der Waals surface area contributed by atoms with E-state index in [1.807, 2.05) is 13.8 Å². The van der Waals surface area contributed by atoms with E-state index in [0.717, 1.165) is 21.7 Å². The zero-order chi connectivity index (χ0) is 19.6. The van der Waals surface area contributed by atoms with Crippen LogP contribution in [0, 0.1) is 19.7 Å². The number of ether oxygens (including phenoxy) is 2. The molecule has 0 radical (unpaired) electrons. The molecule has 2 aromatic carbocycles. The maximum absolute atomic E-state index is 13.1. The number of aryl methyl sites for hydroxylation is 1. The van der Waals surface area contributed by atoms with Gasteiger partial charge in [0.05, 0.1) is 19.9 Å². The SMILES string of the molecule is COc1cc(C(=O)Nc2nc(-c3ccc(F)cc3)c(C)s2)cc(OC)c1C. The van der Waals surface area contributed by atoms with Crippen LogP contribution in [-0.4, -0.2) is 25.1 Å². The number of amides is 1. The van der Waals surface area contributed by atoms with Crippen molar-refractivity contribution in [3.05, 3.63) is 58.2 Å². The van der Waals surface area contributed by atoms with E-state index in [-0.39, 0.29) is 11.7 Å². The van der Waals surface area contributed by atoms with Crippen molar-refractivity contribution >= 4 is 22.4 Å². The second-order valence-electron chi connectivity index (χ2n) is 5.89. The van der Waals surface area contributed by atoms with Crippen molar-refractivity contribution in [2.24, 2.45) is 0 Å². The molecular weight excluding hydrogens is 367 g/mol. The second kappa shape index (κ2) is 7.75. The topological polar surface area (TPSA) is 60.5 Å². The highest BCUT2D eigenvalue weighted by atomic mass is 32.1. The van der Waals surface area contributed by atoms with E-state index >= 15 is 0 Å². The number of halogens is 1. The number of rotatable bonds is 5. The predicted octanol–water partition coefficient (Wildman–Crippen LogP) is 4.84. The number of hydrogen-bond acceptors (Lipinski definition) is 5. The molecule has 0 spiro atoms. The van der Waals surface area contributed by atoms with Crippen molar-refractivity contribution in [1.82, 2.24) is 4.98 Å². The van der Waals surface area contributed by atoms with Crippen LogP contribution in [0.25, 0.3) is 11.3 Å². The van der Waals surface area contributed by atoms with Crippen LogP contribution in [0.3, 0.4) is 0 Å². The molecule has 0 saturated carbocycles. The van der Waals surface area contributed by atoms with Crippen LogP contribution >= 0.6 is 11.3 Å². The fraction of sp³-hybridized carbons (Fsp3) is 0.200. The summed E-state index contributed by atoms with van der Waals surface area (Å²) < 4.78 is 23.8. The molecule has 0 aliphatic heterocycles. The minimum atomic E-state index is -0.314. The summed E-state index contributed by atoms with van der Waals surface area (Å²) in [5.74, 6) is 0.525. The van der Waals surface area contributed by atoms with Gasteiger partial charge in [-0.3, -0.25) is 10.1 Å². The van der Waals surface area contributed by atoms with Gasteiger partial charge in [0.2, 0.25) is 0 Å². The third-order valence-electron chi connectivity index (χ3n) is 4.15. The van der Waals surface area contributed by atoms with Crippen molar-refractivity contribution < 1.29 is 18.7 Å². The predicted molar refractivity (Wildman–Crippen MR) is 104 cm³/mol. The van der Waals surface area contributed by atoms with E-state index in [2.05, 4.69) is 10.3 Å². The van der Waals surface area contributed by atoms with Gasteiger partial charge in [-0.25, -0.2) is 9.37 Å². The van der Waals surface area contributed by atoms with Crippen molar-refractivity contribution in [2.45, 2.75) is 13.8 Å². The van der Waals surface area contributed by atoms with Gasteiger partial charge in [-0.05, 0) is 50.2 Å². The lowest BCUT2D eigenvalue weighted by atomic mass is 10.1. The highest BCUT2D eigenvalue weighted by Gasteiger charge is 2.16. The fourth-order valence-corrected chi connectivity index (χ4v) is 3.54. The molecule has 27 heavy (non-hydrogen) atoms. The van der Waals surface area contributed by atoms with Crippen molar-refractivity contribution in [1.29, 1.82) is 0 Å².